The minimum atomic E-state index is -1.36. The van der Waals surface area contributed by atoms with Crippen LogP contribution >= 0.6 is 0 Å². The topological polar surface area (TPSA) is 94.0 Å². The van der Waals surface area contributed by atoms with E-state index in [1.54, 1.807) is 18.2 Å². The first-order valence-electron chi connectivity index (χ1n) is 5.50. The predicted molar refractivity (Wildman–Crippen MR) is 70.5 cm³/mol. The Kier molecular flexibility index (Phi) is 3.17. The van der Waals surface area contributed by atoms with E-state index in [2.05, 4.69) is 4.98 Å². The number of rotatable bonds is 2. The maximum atomic E-state index is 11.8. The van der Waals surface area contributed by atoms with Crippen LogP contribution < -0.4 is 5.56 Å². The Morgan fingerprint density at radius 3 is 2.79 bits per heavy atom. The number of hydrogen-bond acceptors (Lipinski definition) is 3. The summed E-state index contributed by atoms with van der Waals surface area (Å²) < 4.78 is 0. The quantitative estimate of drug-likeness (QED) is 0.631. The Morgan fingerprint density at radius 2 is 2.16 bits per heavy atom. The monoisotopic (exact) mass is 254 g/mol. The van der Waals surface area contributed by atoms with E-state index in [0.29, 0.717) is 5.52 Å². The first kappa shape index (κ1) is 12.6. The van der Waals surface area contributed by atoms with Crippen LogP contribution in [0, 0.1) is 18.3 Å². The summed E-state index contributed by atoms with van der Waals surface area (Å²) in [5, 5.41) is 18.3. The van der Waals surface area contributed by atoms with Gasteiger partial charge in [-0.25, -0.2) is 4.79 Å². The number of aromatic amines is 1. The van der Waals surface area contributed by atoms with E-state index in [1.165, 1.54) is 0 Å². The number of fused-ring (bicyclic) bond motifs is 1. The number of aliphatic carboxylic acids is 1. The molecule has 1 aromatic carbocycles. The average Bonchev–Trinajstić information content (AvgIpc) is 2.36. The van der Waals surface area contributed by atoms with Crippen LogP contribution in [0.15, 0.2) is 34.6 Å². The molecule has 0 saturated carbocycles. The highest BCUT2D eigenvalue weighted by atomic mass is 16.4. The number of carbonyl (C=O) groups is 1. The Balaban J connectivity index is 2.68. The SMILES string of the molecule is Cc1ccc2[nH]c(=O)c(/C=C(/C#N)C(=O)O)cc2c1. The second-order valence-electron chi connectivity index (χ2n) is 4.12. The van der Waals surface area contributed by atoms with Crippen molar-refractivity contribution in [1.82, 2.24) is 4.98 Å². The van der Waals surface area contributed by atoms with Crippen molar-refractivity contribution in [2.24, 2.45) is 0 Å². The first-order valence-corrected chi connectivity index (χ1v) is 5.50. The molecule has 0 amide bonds. The smallest absolute Gasteiger partial charge is 0.346 e. The molecule has 0 spiro atoms. The van der Waals surface area contributed by atoms with Crippen molar-refractivity contribution in [2.45, 2.75) is 6.92 Å². The lowest BCUT2D eigenvalue weighted by molar-refractivity contribution is -0.132. The molecule has 0 bridgehead atoms. The minimum absolute atomic E-state index is 0.150. The van der Waals surface area contributed by atoms with Crippen LogP contribution in [-0.4, -0.2) is 16.1 Å². The maximum absolute atomic E-state index is 11.8. The molecule has 0 unspecified atom stereocenters. The third-order valence-electron chi connectivity index (χ3n) is 2.68. The fourth-order valence-electron chi connectivity index (χ4n) is 1.75. The van der Waals surface area contributed by atoms with Crippen LogP contribution in [0.4, 0.5) is 0 Å². The van der Waals surface area contributed by atoms with E-state index in [1.807, 2.05) is 19.1 Å². The summed E-state index contributed by atoms with van der Waals surface area (Å²) in [6.07, 6.45) is 1.07. The molecule has 2 aromatic rings. The molecule has 0 aliphatic carbocycles. The molecule has 0 saturated heterocycles. The number of H-pyrrole nitrogens is 1. The molecule has 5 nitrogen and oxygen atoms in total. The zero-order valence-corrected chi connectivity index (χ0v) is 10.1. The number of hydrogen-bond donors (Lipinski definition) is 2. The van der Waals surface area contributed by atoms with Crippen molar-refractivity contribution < 1.29 is 9.90 Å². The van der Waals surface area contributed by atoms with E-state index < -0.39 is 17.1 Å². The number of nitrogens with one attached hydrogen (secondary N) is 1. The second kappa shape index (κ2) is 4.78. The number of pyridine rings is 1. The van der Waals surface area contributed by atoms with Crippen molar-refractivity contribution in [3.8, 4) is 6.07 Å². The molecule has 5 heteroatoms. The van der Waals surface area contributed by atoms with Gasteiger partial charge in [0.1, 0.15) is 11.6 Å². The maximum Gasteiger partial charge on any atom is 0.346 e. The third kappa shape index (κ3) is 2.53. The van der Waals surface area contributed by atoms with E-state index >= 15 is 0 Å². The van der Waals surface area contributed by atoms with Crippen LogP contribution in [0.3, 0.4) is 0 Å². The van der Waals surface area contributed by atoms with Gasteiger partial charge in [-0.05, 0) is 36.6 Å². The molecule has 0 aliphatic heterocycles. The van der Waals surface area contributed by atoms with Crippen LogP contribution in [0.1, 0.15) is 11.1 Å². The van der Waals surface area contributed by atoms with Gasteiger partial charge in [0.25, 0.3) is 5.56 Å². The molecule has 94 valence electrons. The van der Waals surface area contributed by atoms with E-state index in [0.717, 1.165) is 17.0 Å². The average molecular weight is 254 g/mol. The number of carboxylic acid groups (broad SMARTS) is 1. The van der Waals surface area contributed by atoms with Gasteiger partial charge in [-0.15, -0.1) is 0 Å². The number of nitrogens with zero attached hydrogens (tertiary/aromatic N) is 1. The number of nitriles is 1. The molecule has 2 rings (SSSR count). The van der Waals surface area contributed by atoms with E-state index in [4.69, 9.17) is 10.4 Å². The van der Waals surface area contributed by atoms with Crippen molar-refractivity contribution in [1.29, 1.82) is 5.26 Å². The van der Waals surface area contributed by atoms with Gasteiger partial charge in [-0.1, -0.05) is 11.6 Å². The zero-order chi connectivity index (χ0) is 14.0. The molecule has 2 N–H and O–H groups in total. The summed E-state index contributed by atoms with van der Waals surface area (Å²) in [6, 6.07) is 8.63. The standard InChI is InChI=1S/C14H10N2O3/c1-8-2-3-12-9(4-8)5-10(13(17)16-12)6-11(7-15)14(18)19/h2-6H,1H3,(H,16,17)(H,18,19)/b11-6-. The molecule has 19 heavy (non-hydrogen) atoms. The first-order chi connectivity index (χ1) is 9.01. The lowest BCUT2D eigenvalue weighted by atomic mass is 10.1. The van der Waals surface area contributed by atoms with E-state index in [-0.39, 0.29) is 5.56 Å². The Bertz CT molecular complexity index is 794. The van der Waals surface area contributed by atoms with Gasteiger partial charge in [0.2, 0.25) is 0 Å². The number of benzene rings is 1. The summed E-state index contributed by atoms with van der Waals surface area (Å²) in [7, 11) is 0. The molecule has 0 radical (unpaired) electrons. The zero-order valence-electron chi connectivity index (χ0n) is 10.1. The Morgan fingerprint density at radius 1 is 1.42 bits per heavy atom. The van der Waals surface area contributed by atoms with Crippen molar-refractivity contribution in [3.05, 3.63) is 51.3 Å². The summed E-state index contributed by atoms with van der Waals surface area (Å²) in [4.78, 5) is 25.2. The van der Waals surface area contributed by atoms with Gasteiger partial charge in [-0.2, -0.15) is 5.26 Å². The number of aryl methyl sites for hydroxylation is 1. The van der Waals surface area contributed by atoms with Gasteiger partial charge >= 0.3 is 5.97 Å². The van der Waals surface area contributed by atoms with Crippen LogP contribution in [0.2, 0.25) is 0 Å². The van der Waals surface area contributed by atoms with Gasteiger partial charge in [0.15, 0.2) is 0 Å². The summed E-state index contributed by atoms with van der Waals surface area (Å²) in [5.74, 6) is -1.36. The Labute approximate surface area is 108 Å². The normalized spacial score (nSPS) is 11.3. The fraction of sp³-hybridized carbons (Fsp3) is 0.0714. The molecular weight excluding hydrogens is 244 g/mol. The minimum Gasteiger partial charge on any atom is -0.477 e. The summed E-state index contributed by atoms with van der Waals surface area (Å²) in [6.45, 7) is 1.91. The van der Waals surface area contributed by atoms with Crippen LogP contribution in [0.25, 0.3) is 17.0 Å². The highest BCUT2D eigenvalue weighted by molar-refractivity contribution is 5.97. The number of carboxylic acids is 1. The lowest BCUT2D eigenvalue weighted by Gasteiger charge is -2.01. The molecule has 0 aliphatic rings. The highest BCUT2D eigenvalue weighted by Gasteiger charge is 2.08. The van der Waals surface area contributed by atoms with Gasteiger partial charge in [0.05, 0.1) is 0 Å². The number of aromatic nitrogens is 1. The fourth-order valence-corrected chi connectivity index (χ4v) is 1.75. The van der Waals surface area contributed by atoms with Crippen LogP contribution in [0.5, 0.6) is 0 Å². The van der Waals surface area contributed by atoms with E-state index in [9.17, 15) is 9.59 Å². The summed E-state index contributed by atoms with van der Waals surface area (Å²) >= 11 is 0. The second-order valence-corrected chi connectivity index (χ2v) is 4.12. The largest absolute Gasteiger partial charge is 0.477 e. The molecule has 0 fully saturated rings. The molecule has 1 heterocycles. The van der Waals surface area contributed by atoms with Gasteiger partial charge in [0, 0.05) is 11.1 Å². The Hall–Kier alpha value is -2.87. The van der Waals surface area contributed by atoms with Crippen molar-refractivity contribution in [3.63, 3.8) is 0 Å². The molecular formula is C14H10N2O3. The predicted octanol–water partition coefficient (Wildman–Crippen LogP) is 1.83. The van der Waals surface area contributed by atoms with Crippen LogP contribution in [-0.2, 0) is 4.79 Å². The van der Waals surface area contributed by atoms with Crippen molar-refractivity contribution >= 4 is 22.9 Å². The highest BCUT2D eigenvalue weighted by Crippen LogP contribution is 2.14. The lowest BCUT2D eigenvalue weighted by Crippen LogP contribution is -2.10. The van der Waals surface area contributed by atoms with Crippen molar-refractivity contribution in [2.75, 3.05) is 0 Å². The van der Waals surface area contributed by atoms with Gasteiger partial charge in [-0.3, -0.25) is 4.79 Å². The third-order valence-corrected chi connectivity index (χ3v) is 2.68. The molecule has 0 atom stereocenters. The summed E-state index contributed by atoms with van der Waals surface area (Å²) in [5.41, 5.74) is 0.940. The van der Waals surface area contributed by atoms with Gasteiger partial charge < -0.3 is 10.1 Å². The molecule has 1 aromatic heterocycles.